The molecule has 0 saturated heterocycles. The van der Waals surface area contributed by atoms with Crippen LogP contribution in [0.4, 0.5) is 0 Å². The second-order valence-corrected chi connectivity index (χ2v) is 7.20. The summed E-state index contributed by atoms with van der Waals surface area (Å²) in [4.78, 5) is 2.30. The molecule has 1 N–H and O–H groups in total. The van der Waals surface area contributed by atoms with Gasteiger partial charge >= 0.3 is 0 Å². The molecule has 134 valence electrons. The van der Waals surface area contributed by atoms with E-state index in [1.54, 1.807) is 24.3 Å². The van der Waals surface area contributed by atoms with Crippen molar-refractivity contribution in [2.45, 2.75) is 18.7 Å². The number of halogens is 1. The number of methoxy groups -OCH3 is 1. The molecule has 0 unspecified atom stereocenters. The van der Waals surface area contributed by atoms with Crippen LogP contribution in [0, 0.1) is 6.92 Å². The van der Waals surface area contributed by atoms with Gasteiger partial charge in [0.1, 0.15) is 0 Å². The van der Waals surface area contributed by atoms with Gasteiger partial charge in [-0.3, -0.25) is 0 Å². The van der Waals surface area contributed by atoms with Crippen LogP contribution >= 0.6 is 11.6 Å². The lowest BCUT2D eigenvalue weighted by Crippen LogP contribution is -2.18. The quantitative estimate of drug-likeness (QED) is 0.588. The Hall–Kier alpha value is -2.25. The summed E-state index contributed by atoms with van der Waals surface area (Å²) in [5.41, 5.74) is 1.54. The molecule has 2 aromatic carbocycles. The van der Waals surface area contributed by atoms with Gasteiger partial charge in [0.05, 0.1) is 29.8 Å². The van der Waals surface area contributed by atoms with E-state index < -0.39 is 10.0 Å². The fraction of sp³-hybridized carbons (Fsp3) is 0.235. The first kappa shape index (κ1) is 19.1. The average Bonchev–Trinajstić information content (AvgIpc) is 2.57. The van der Waals surface area contributed by atoms with Crippen LogP contribution in [0.25, 0.3) is 0 Å². The van der Waals surface area contributed by atoms with Gasteiger partial charge in [-0.2, -0.15) is 13.5 Å². The fourth-order valence-electron chi connectivity index (χ4n) is 2.04. The normalized spacial score (nSPS) is 11.5. The molecule has 0 radical (unpaired) electrons. The van der Waals surface area contributed by atoms with Gasteiger partial charge in [0.25, 0.3) is 10.0 Å². The monoisotopic (exact) mass is 382 g/mol. The van der Waals surface area contributed by atoms with E-state index in [0.717, 1.165) is 5.56 Å². The summed E-state index contributed by atoms with van der Waals surface area (Å²) in [5.74, 6) is 0.876. The minimum Gasteiger partial charge on any atom is -0.493 e. The number of hydrazone groups is 1. The molecule has 8 heteroatoms. The van der Waals surface area contributed by atoms with E-state index in [9.17, 15) is 8.42 Å². The zero-order valence-electron chi connectivity index (χ0n) is 14.1. The van der Waals surface area contributed by atoms with E-state index >= 15 is 0 Å². The second kappa shape index (κ2) is 8.22. The summed E-state index contributed by atoms with van der Waals surface area (Å²) in [6.07, 6.45) is 1.34. The lowest BCUT2D eigenvalue weighted by Gasteiger charge is -2.11. The number of nitrogens with one attached hydrogen (secondary N) is 1. The third-order valence-electron chi connectivity index (χ3n) is 3.26. The van der Waals surface area contributed by atoms with E-state index in [4.69, 9.17) is 21.1 Å². The average molecular weight is 383 g/mol. The molecule has 6 nitrogen and oxygen atoms in total. The van der Waals surface area contributed by atoms with E-state index in [-0.39, 0.29) is 4.90 Å². The van der Waals surface area contributed by atoms with E-state index in [0.29, 0.717) is 28.7 Å². The molecule has 25 heavy (non-hydrogen) atoms. The van der Waals surface area contributed by atoms with Crippen molar-refractivity contribution in [3.8, 4) is 11.5 Å². The first-order valence-electron chi connectivity index (χ1n) is 7.49. The third-order valence-corrected chi connectivity index (χ3v) is 4.78. The maximum atomic E-state index is 12.2. The Kier molecular flexibility index (Phi) is 6.27. The zero-order chi connectivity index (χ0) is 18.4. The molecule has 0 heterocycles. The standard InChI is InChI=1S/C17H19ClN2O4S/c1-4-24-17-15(18)9-13(10-16(17)23-3)11-19-20-25(21,22)14-7-5-12(2)6-8-14/h5-11,20H,4H2,1-3H3/b19-11-. The highest BCUT2D eigenvalue weighted by molar-refractivity contribution is 7.89. The molecule has 0 spiro atoms. The summed E-state index contributed by atoms with van der Waals surface area (Å²) in [6.45, 7) is 4.16. The Morgan fingerprint density at radius 3 is 2.52 bits per heavy atom. The van der Waals surface area contributed by atoms with Crippen LogP contribution in [-0.4, -0.2) is 28.3 Å². The predicted molar refractivity (Wildman–Crippen MR) is 98.3 cm³/mol. The number of rotatable bonds is 7. The Balaban J connectivity index is 2.19. The molecule has 0 bridgehead atoms. The minimum atomic E-state index is -3.73. The highest BCUT2D eigenvalue weighted by atomic mass is 35.5. The van der Waals surface area contributed by atoms with Gasteiger partial charge in [-0.15, -0.1) is 0 Å². The molecule has 0 aliphatic carbocycles. The Labute approximate surface area is 152 Å². The predicted octanol–water partition coefficient (Wildman–Crippen LogP) is 3.37. The highest BCUT2D eigenvalue weighted by Crippen LogP contribution is 2.35. The topological polar surface area (TPSA) is 77.0 Å². The van der Waals surface area contributed by atoms with Crippen LogP contribution in [0.5, 0.6) is 11.5 Å². The number of ether oxygens (including phenoxy) is 2. The van der Waals surface area contributed by atoms with E-state index in [1.165, 1.54) is 25.5 Å². The van der Waals surface area contributed by atoms with Crippen molar-refractivity contribution in [2.75, 3.05) is 13.7 Å². The van der Waals surface area contributed by atoms with Gasteiger partial charge in [0, 0.05) is 0 Å². The van der Waals surface area contributed by atoms with Gasteiger partial charge in [0.15, 0.2) is 11.5 Å². The minimum absolute atomic E-state index is 0.137. The summed E-state index contributed by atoms with van der Waals surface area (Å²) < 4.78 is 35.0. The summed E-state index contributed by atoms with van der Waals surface area (Å²) in [7, 11) is -2.23. The zero-order valence-corrected chi connectivity index (χ0v) is 15.7. The van der Waals surface area contributed by atoms with Gasteiger partial charge in [-0.1, -0.05) is 29.3 Å². The Morgan fingerprint density at radius 1 is 1.24 bits per heavy atom. The number of nitrogens with zero attached hydrogens (tertiary/aromatic N) is 1. The largest absolute Gasteiger partial charge is 0.493 e. The maximum Gasteiger partial charge on any atom is 0.276 e. The highest BCUT2D eigenvalue weighted by Gasteiger charge is 2.13. The van der Waals surface area contributed by atoms with Crippen molar-refractivity contribution >= 4 is 27.8 Å². The Bertz CT molecular complexity index is 865. The molecule has 0 fully saturated rings. The number of benzene rings is 2. The molecule has 2 aromatic rings. The lowest BCUT2D eigenvalue weighted by molar-refractivity contribution is 0.311. The maximum absolute atomic E-state index is 12.2. The molecule has 0 atom stereocenters. The first-order valence-corrected chi connectivity index (χ1v) is 9.35. The lowest BCUT2D eigenvalue weighted by atomic mass is 10.2. The molecule has 0 amide bonds. The molecule has 0 aliphatic rings. The molecule has 0 saturated carbocycles. The van der Waals surface area contributed by atoms with Crippen molar-refractivity contribution in [1.82, 2.24) is 4.83 Å². The number of hydrogen-bond acceptors (Lipinski definition) is 5. The fourth-order valence-corrected chi connectivity index (χ4v) is 3.10. The van der Waals surface area contributed by atoms with Gasteiger partial charge in [0.2, 0.25) is 0 Å². The third kappa shape index (κ3) is 4.87. The van der Waals surface area contributed by atoms with Crippen molar-refractivity contribution in [3.05, 3.63) is 52.5 Å². The van der Waals surface area contributed by atoms with Crippen molar-refractivity contribution in [2.24, 2.45) is 5.10 Å². The van der Waals surface area contributed by atoms with Crippen molar-refractivity contribution in [1.29, 1.82) is 0 Å². The van der Waals surface area contributed by atoms with Gasteiger partial charge < -0.3 is 9.47 Å². The summed E-state index contributed by atoms with van der Waals surface area (Å²) in [6, 6.07) is 9.73. The van der Waals surface area contributed by atoms with Crippen LogP contribution in [-0.2, 0) is 10.0 Å². The molecular formula is C17H19ClN2O4S. The second-order valence-electron chi connectivity index (χ2n) is 5.13. The smallest absolute Gasteiger partial charge is 0.276 e. The molecular weight excluding hydrogens is 364 g/mol. The number of sulfonamides is 1. The number of hydrogen-bond donors (Lipinski definition) is 1. The van der Waals surface area contributed by atoms with Gasteiger partial charge in [-0.25, -0.2) is 4.83 Å². The summed E-state index contributed by atoms with van der Waals surface area (Å²) in [5, 5.41) is 4.14. The van der Waals surface area contributed by atoms with E-state index in [1.807, 2.05) is 13.8 Å². The molecule has 2 rings (SSSR count). The van der Waals surface area contributed by atoms with Crippen LogP contribution < -0.4 is 14.3 Å². The van der Waals surface area contributed by atoms with Crippen molar-refractivity contribution in [3.63, 3.8) is 0 Å². The van der Waals surface area contributed by atoms with Gasteiger partial charge in [-0.05, 0) is 43.7 Å². The van der Waals surface area contributed by atoms with Crippen LogP contribution in [0.1, 0.15) is 18.1 Å². The van der Waals surface area contributed by atoms with Crippen molar-refractivity contribution < 1.29 is 17.9 Å². The van der Waals surface area contributed by atoms with Crippen LogP contribution in [0.15, 0.2) is 46.4 Å². The molecule has 0 aromatic heterocycles. The van der Waals surface area contributed by atoms with Crippen LogP contribution in [0.2, 0.25) is 5.02 Å². The molecule has 0 aliphatic heterocycles. The Morgan fingerprint density at radius 2 is 1.92 bits per heavy atom. The number of aryl methyl sites for hydroxylation is 1. The van der Waals surface area contributed by atoms with Crippen LogP contribution in [0.3, 0.4) is 0 Å². The summed E-state index contributed by atoms with van der Waals surface area (Å²) >= 11 is 6.17. The van der Waals surface area contributed by atoms with E-state index in [2.05, 4.69) is 9.93 Å². The SMILES string of the molecule is CCOc1c(Cl)cc(/C=N\NS(=O)(=O)c2ccc(C)cc2)cc1OC. The first-order chi connectivity index (χ1) is 11.9.